The zero-order valence-electron chi connectivity index (χ0n) is 17.9. The van der Waals surface area contributed by atoms with E-state index in [9.17, 15) is 19.5 Å². The van der Waals surface area contributed by atoms with Crippen LogP contribution in [0.25, 0.3) is 0 Å². The molecule has 3 saturated heterocycles. The summed E-state index contributed by atoms with van der Waals surface area (Å²) in [7, 11) is 0. The Labute approximate surface area is 186 Å². The lowest BCUT2D eigenvalue weighted by Crippen LogP contribution is -2.56. The third kappa shape index (κ3) is 3.37. The van der Waals surface area contributed by atoms with Crippen molar-refractivity contribution in [3.05, 3.63) is 24.3 Å². The van der Waals surface area contributed by atoms with Crippen LogP contribution in [0.15, 0.2) is 24.3 Å². The van der Waals surface area contributed by atoms with Crippen LogP contribution in [0.5, 0.6) is 0 Å². The molecular weight excluding hydrogens is 418 g/mol. The van der Waals surface area contributed by atoms with E-state index in [4.69, 9.17) is 14.2 Å². The Kier molecular flexibility index (Phi) is 5.79. The van der Waals surface area contributed by atoms with Crippen LogP contribution in [-0.2, 0) is 28.6 Å². The molecule has 32 heavy (non-hydrogen) atoms. The van der Waals surface area contributed by atoms with Gasteiger partial charge in [0.25, 0.3) is 0 Å². The Balaban J connectivity index is 1.45. The topological polar surface area (TPSA) is 109 Å². The number of rotatable bonds is 5. The van der Waals surface area contributed by atoms with Crippen molar-refractivity contribution in [1.82, 2.24) is 14.7 Å². The number of amides is 2. The summed E-state index contributed by atoms with van der Waals surface area (Å²) in [5, 5.41) is 9.62. The van der Waals surface area contributed by atoms with Crippen molar-refractivity contribution >= 4 is 17.8 Å². The average molecular weight is 447 g/mol. The van der Waals surface area contributed by atoms with Crippen molar-refractivity contribution in [3.8, 4) is 0 Å². The molecule has 1 spiro atoms. The molecule has 1 unspecified atom stereocenters. The maximum absolute atomic E-state index is 13.8. The molecule has 0 bridgehead atoms. The van der Waals surface area contributed by atoms with Gasteiger partial charge in [0.15, 0.2) is 0 Å². The summed E-state index contributed by atoms with van der Waals surface area (Å²) in [4.78, 5) is 45.4. The number of carbonyl (C=O) groups excluding carboxylic acids is 3. The summed E-state index contributed by atoms with van der Waals surface area (Å²) >= 11 is 0. The molecule has 0 aliphatic carbocycles. The molecule has 0 aromatic heterocycles. The molecular formula is C22H29N3O7. The van der Waals surface area contributed by atoms with Crippen molar-refractivity contribution in [2.45, 2.75) is 17.7 Å². The van der Waals surface area contributed by atoms with Gasteiger partial charge >= 0.3 is 5.97 Å². The monoisotopic (exact) mass is 447 g/mol. The van der Waals surface area contributed by atoms with Gasteiger partial charge < -0.3 is 29.1 Å². The van der Waals surface area contributed by atoms with Gasteiger partial charge in [0, 0.05) is 39.3 Å². The average Bonchev–Trinajstić information content (AvgIpc) is 3.09. The summed E-state index contributed by atoms with van der Waals surface area (Å²) in [5.41, 5.74) is -1.26. The summed E-state index contributed by atoms with van der Waals surface area (Å²) in [6, 6.07) is -0.927. The van der Waals surface area contributed by atoms with Gasteiger partial charge in [-0.15, -0.1) is 0 Å². The molecule has 3 fully saturated rings. The first-order valence-corrected chi connectivity index (χ1v) is 11.3. The zero-order valence-corrected chi connectivity index (χ0v) is 17.9. The molecule has 5 rings (SSSR count). The van der Waals surface area contributed by atoms with E-state index < -0.39 is 35.6 Å². The van der Waals surface area contributed by atoms with Gasteiger partial charge in [-0.25, -0.2) is 0 Å². The lowest BCUT2D eigenvalue weighted by Gasteiger charge is -2.36. The molecule has 0 aromatic carbocycles. The first-order chi connectivity index (χ1) is 15.6. The van der Waals surface area contributed by atoms with E-state index in [1.807, 2.05) is 6.08 Å². The van der Waals surface area contributed by atoms with E-state index in [2.05, 4.69) is 4.90 Å². The number of likely N-dealkylation sites (tertiary alicyclic amines) is 1. The fraction of sp³-hybridized carbons (Fsp3) is 0.682. The maximum atomic E-state index is 13.8. The van der Waals surface area contributed by atoms with E-state index in [0.29, 0.717) is 32.8 Å². The second kappa shape index (κ2) is 8.58. The van der Waals surface area contributed by atoms with Crippen molar-refractivity contribution in [2.75, 3.05) is 65.7 Å². The molecule has 2 amide bonds. The first kappa shape index (κ1) is 21.6. The number of aliphatic hydroxyl groups is 1. The lowest BCUT2D eigenvalue weighted by atomic mass is 9.78. The van der Waals surface area contributed by atoms with Crippen LogP contribution in [0.1, 0.15) is 0 Å². The van der Waals surface area contributed by atoms with Crippen LogP contribution in [-0.4, -0.2) is 121 Å². The Morgan fingerprint density at radius 1 is 1.06 bits per heavy atom. The number of morpholine rings is 1. The highest BCUT2D eigenvalue weighted by Gasteiger charge is 2.71. The molecule has 5 aliphatic heterocycles. The van der Waals surface area contributed by atoms with E-state index in [0.717, 1.165) is 13.1 Å². The Bertz CT molecular complexity index is 839. The van der Waals surface area contributed by atoms with Crippen LogP contribution in [0, 0.1) is 11.8 Å². The molecule has 10 heteroatoms. The fourth-order valence-corrected chi connectivity index (χ4v) is 5.65. The number of ether oxygens (including phenoxy) is 3. The summed E-state index contributed by atoms with van der Waals surface area (Å²) in [6.45, 7) is 4.48. The van der Waals surface area contributed by atoms with Gasteiger partial charge in [-0.1, -0.05) is 18.2 Å². The van der Waals surface area contributed by atoms with Crippen LogP contribution in [0.3, 0.4) is 0 Å². The van der Waals surface area contributed by atoms with Gasteiger partial charge in [0.05, 0.1) is 31.8 Å². The van der Waals surface area contributed by atoms with Gasteiger partial charge in [-0.3, -0.25) is 19.3 Å². The van der Waals surface area contributed by atoms with Gasteiger partial charge in [0.2, 0.25) is 11.8 Å². The largest absolute Gasteiger partial charge is 0.461 e. The molecule has 174 valence electrons. The number of hydrogen-bond acceptors (Lipinski definition) is 8. The lowest BCUT2D eigenvalue weighted by molar-refractivity contribution is -0.153. The van der Waals surface area contributed by atoms with Gasteiger partial charge in [0.1, 0.15) is 24.2 Å². The van der Waals surface area contributed by atoms with E-state index in [1.54, 1.807) is 23.1 Å². The molecule has 0 radical (unpaired) electrons. The van der Waals surface area contributed by atoms with Crippen LogP contribution >= 0.6 is 0 Å². The second-order valence-electron chi connectivity index (χ2n) is 8.80. The van der Waals surface area contributed by atoms with Crippen molar-refractivity contribution in [3.63, 3.8) is 0 Å². The van der Waals surface area contributed by atoms with E-state index in [-0.39, 0.29) is 31.6 Å². The maximum Gasteiger partial charge on any atom is 0.313 e. The predicted octanol–water partition coefficient (Wildman–Crippen LogP) is -1.60. The van der Waals surface area contributed by atoms with E-state index >= 15 is 0 Å². The van der Waals surface area contributed by atoms with Crippen molar-refractivity contribution in [2.24, 2.45) is 11.8 Å². The summed E-state index contributed by atoms with van der Waals surface area (Å²) in [6.07, 6.45) is 6.49. The van der Waals surface area contributed by atoms with Crippen molar-refractivity contribution in [1.29, 1.82) is 0 Å². The molecule has 10 nitrogen and oxygen atoms in total. The fourth-order valence-electron chi connectivity index (χ4n) is 5.65. The molecule has 1 N–H and O–H groups in total. The highest BCUT2D eigenvalue weighted by Crippen LogP contribution is 2.53. The third-order valence-electron chi connectivity index (χ3n) is 7.13. The number of hydrogen-bond donors (Lipinski definition) is 1. The van der Waals surface area contributed by atoms with Crippen LogP contribution in [0.4, 0.5) is 0 Å². The number of β-amino-alcohol motifs (C(OH)–C–C–N with tert-alkyl or cyclic N) is 1. The van der Waals surface area contributed by atoms with Crippen molar-refractivity contribution < 1.29 is 33.7 Å². The molecule has 0 saturated carbocycles. The minimum atomic E-state index is -1.26. The Morgan fingerprint density at radius 3 is 2.66 bits per heavy atom. The molecule has 5 heterocycles. The van der Waals surface area contributed by atoms with Crippen LogP contribution in [0.2, 0.25) is 0 Å². The highest BCUT2D eigenvalue weighted by atomic mass is 16.6. The SMILES string of the molecule is O=C1OCC=C[C@H]2OC34C=CCN(CCN5CCOCC5)C(=O)[C@H]3N(CCO)C(=O)[C@@H]4[C@@H]12. The standard InChI is InChI=1S/C22H29N3O7/c26-11-8-25-18-20(28)24(7-6-23-9-13-30-14-10-23)5-2-4-22(18)17(19(25)27)16-15(32-22)3-1-12-31-21(16)29/h1-4,15-18,26H,5-14H2/t15-,16+,17+,18-,22?/m1/s1. The number of fused-ring (bicyclic) bond motifs is 2. The summed E-state index contributed by atoms with van der Waals surface area (Å²) in [5.74, 6) is -2.74. The van der Waals surface area contributed by atoms with Crippen LogP contribution < -0.4 is 0 Å². The van der Waals surface area contributed by atoms with Gasteiger partial charge in [-0.05, 0) is 6.08 Å². The number of cyclic esters (lactones) is 1. The second-order valence-corrected chi connectivity index (χ2v) is 8.80. The summed E-state index contributed by atoms with van der Waals surface area (Å²) < 4.78 is 17.0. The quantitative estimate of drug-likeness (QED) is 0.397. The minimum Gasteiger partial charge on any atom is -0.461 e. The van der Waals surface area contributed by atoms with E-state index in [1.165, 1.54) is 4.90 Å². The molecule has 0 aromatic rings. The Morgan fingerprint density at radius 2 is 1.88 bits per heavy atom. The Hall–Kier alpha value is -2.27. The highest BCUT2D eigenvalue weighted by molar-refractivity contribution is 5.99. The predicted molar refractivity (Wildman–Crippen MR) is 110 cm³/mol. The normalized spacial score (nSPS) is 37.1. The number of nitrogens with zero attached hydrogens (tertiary/aromatic N) is 3. The molecule has 5 atom stereocenters. The minimum absolute atomic E-state index is 0.00423. The number of carbonyl (C=O) groups is 3. The molecule has 5 aliphatic rings. The third-order valence-corrected chi connectivity index (χ3v) is 7.13. The smallest absolute Gasteiger partial charge is 0.313 e. The number of aliphatic hydroxyl groups excluding tert-OH is 1. The first-order valence-electron chi connectivity index (χ1n) is 11.3. The zero-order chi connectivity index (χ0) is 22.3. The van der Waals surface area contributed by atoms with Gasteiger partial charge in [-0.2, -0.15) is 0 Å². The number of esters is 1.